The molecule has 2 aromatic rings. The van der Waals surface area contributed by atoms with Crippen LogP contribution in [0.25, 0.3) is 0 Å². The van der Waals surface area contributed by atoms with Crippen LogP contribution in [0, 0.1) is 12.8 Å². The van der Waals surface area contributed by atoms with Gasteiger partial charge in [-0.1, -0.05) is 12.1 Å². The first kappa shape index (κ1) is 14.8. The molecular formula is C16H22N4O2. The minimum Gasteiger partial charge on any atom is -0.360 e. The van der Waals surface area contributed by atoms with Gasteiger partial charge in [-0.25, -0.2) is 4.98 Å². The van der Waals surface area contributed by atoms with Crippen molar-refractivity contribution < 1.29 is 9.32 Å². The summed E-state index contributed by atoms with van der Waals surface area (Å²) in [4.78, 5) is 18.9. The molecule has 0 aliphatic carbocycles. The largest absolute Gasteiger partial charge is 0.360 e. The summed E-state index contributed by atoms with van der Waals surface area (Å²) < 4.78 is 7.42. The Bertz CT molecular complexity index is 673. The average Bonchev–Trinajstić information content (AvgIpc) is 3.11. The maximum atomic E-state index is 12.7. The van der Waals surface area contributed by atoms with Gasteiger partial charge in [-0.15, -0.1) is 0 Å². The van der Waals surface area contributed by atoms with Gasteiger partial charge in [0.25, 0.3) is 5.91 Å². The molecule has 118 valence electrons. The Hall–Kier alpha value is -2.11. The van der Waals surface area contributed by atoms with Crippen molar-refractivity contribution >= 4 is 5.91 Å². The van der Waals surface area contributed by atoms with Gasteiger partial charge in [-0.2, -0.15) is 0 Å². The standard InChI is InChI=1S/C16H22N4O2/c1-4-13-15(11(2)18-22-13)16(21)19(3)10-12-5-7-20-8-6-17-14(20)9-12/h6,8,12H,4-5,7,9-10H2,1-3H3. The molecule has 1 amide bonds. The van der Waals surface area contributed by atoms with E-state index in [1.165, 1.54) is 0 Å². The second kappa shape index (κ2) is 5.94. The summed E-state index contributed by atoms with van der Waals surface area (Å²) in [6, 6.07) is 0. The van der Waals surface area contributed by atoms with Crippen LogP contribution in [0.3, 0.4) is 0 Å². The highest BCUT2D eigenvalue weighted by molar-refractivity contribution is 5.96. The number of hydrogen-bond acceptors (Lipinski definition) is 4. The van der Waals surface area contributed by atoms with Gasteiger partial charge < -0.3 is 14.0 Å². The summed E-state index contributed by atoms with van der Waals surface area (Å²) >= 11 is 0. The predicted molar refractivity (Wildman–Crippen MR) is 81.6 cm³/mol. The van der Waals surface area contributed by atoms with Crippen LogP contribution in [0.1, 0.15) is 41.0 Å². The third-order valence-electron chi connectivity index (χ3n) is 4.40. The number of hydrogen-bond donors (Lipinski definition) is 0. The van der Waals surface area contributed by atoms with Crippen LogP contribution in [0.15, 0.2) is 16.9 Å². The van der Waals surface area contributed by atoms with E-state index in [1.54, 1.807) is 4.90 Å². The minimum absolute atomic E-state index is 0.00418. The molecule has 1 unspecified atom stereocenters. The summed E-state index contributed by atoms with van der Waals surface area (Å²) in [5, 5.41) is 3.92. The lowest BCUT2D eigenvalue weighted by Gasteiger charge is -2.27. The fourth-order valence-corrected chi connectivity index (χ4v) is 3.16. The molecule has 6 nitrogen and oxygen atoms in total. The summed E-state index contributed by atoms with van der Waals surface area (Å²) in [7, 11) is 1.86. The predicted octanol–water partition coefficient (Wildman–Crippen LogP) is 2.08. The molecule has 1 atom stereocenters. The monoisotopic (exact) mass is 302 g/mol. The molecule has 2 aromatic heterocycles. The third kappa shape index (κ3) is 2.65. The topological polar surface area (TPSA) is 64.2 Å². The molecule has 22 heavy (non-hydrogen) atoms. The van der Waals surface area contributed by atoms with Crippen molar-refractivity contribution in [2.75, 3.05) is 13.6 Å². The van der Waals surface area contributed by atoms with Gasteiger partial charge in [0.15, 0.2) is 0 Å². The lowest BCUT2D eigenvalue weighted by atomic mass is 9.97. The van der Waals surface area contributed by atoms with Gasteiger partial charge in [0.2, 0.25) is 0 Å². The summed E-state index contributed by atoms with van der Waals surface area (Å²) in [5.41, 5.74) is 1.30. The van der Waals surface area contributed by atoms with E-state index in [0.717, 1.165) is 31.8 Å². The van der Waals surface area contributed by atoms with E-state index in [-0.39, 0.29) is 5.91 Å². The van der Waals surface area contributed by atoms with Crippen LogP contribution in [-0.4, -0.2) is 39.1 Å². The summed E-state index contributed by atoms with van der Waals surface area (Å²) in [6.45, 7) is 5.51. The highest BCUT2D eigenvalue weighted by Crippen LogP contribution is 2.22. The van der Waals surface area contributed by atoms with E-state index in [9.17, 15) is 4.79 Å². The molecule has 3 rings (SSSR count). The Labute approximate surface area is 130 Å². The smallest absolute Gasteiger partial charge is 0.259 e. The molecule has 0 aromatic carbocycles. The molecular weight excluding hydrogens is 280 g/mol. The normalized spacial score (nSPS) is 17.3. The molecule has 0 saturated carbocycles. The Morgan fingerprint density at radius 2 is 2.36 bits per heavy atom. The quantitative estimate of drug-likeness (QED) is 0.867. The fraction of sp³-hybridized carbons (Fsp3) is 0.562. The molecule has 0 spiro atoms. The van der Waals surface area contributed by atoms with Crippen molar-refractivity contribution in [1.82, 2.24) is 19.6 Å². The maximum Gasteiger partial charge on any atom is 0.259 e. The molecule has 3 heterocycles. The second-order valence-corrected chi connectivity index (χ2v) is 6.00. The average molecular weight is 302 g/mol. The number of carbonyl (C=O) groups is 1. The maximum absolute atomic E-state index is 12.7. The van der Waals surface area contributed by atoms with Gasteiger partial charge in [-0.05, 0) is 19.3 Å². The van der Waals surface area contributed by atoms with E-state index in [4.69, 9.17) is 4.52 Å². The Kier molecular flexibility index (Phi) is 4.00. The van der Waals surface area contributed by atoms with Crippen LogP contribution in [0.4, 0.5) is 0 Å². The van der Waals surface area contributed by atoms with E-state index < -0.39 is 0 Å². The Morgan fingerprint density at radius 3 is 3.14 bits per heavy atom. The molecule has 0 N–H and O–H groups in total. The number of rotatable bonds is 4. The first-order valence-corrected chi connectivity index (χ1v) is 7.80. The summed E-state index contributed by atoms with van der Waals surface area (Å²) in [5.74, 6) is 2.25. The van der Waals surface area contributed by atoms with E-state index in [0.29, 0.717) is 29.4 Å². The lowest BCUT2D eigenvalue weighted by Crippen LogP contribution is -2.35. The zero-order valence-electron chi connectivity index (χ0n) is 13.4. The molecule has 0 fully saturated rings. The summed E-state index contributed by atoms with van der Waals surface area (Å²) in [6.07, 6.45) is 6.55. The third-order valence-corrected chi connectivity index (χ3v) is 4.40. The number of nitrogens with zero attached hydrogens (tertiary/aromatic N) is 4. The molecule has 0 radical (unpaired) electrons. The van der Waals surface area contributed by atoms with Crippen LogP contribution in [0.2, 0.25) is 0 Å². The van der Waals surface area contributed by atoms with Crippen molar-refractivity contribution in [1.29, 1.82) is 0 Å². The van der Waals surface area contributed by atoms with Crippen LogP contribution in [-0.2, 0) is 19.4 Å². The Morgan fingerprint density at radius 1 is 1.55 bits per heavy atom. The van der Waals surface area contributed by atoms with Crippen LogP contribution in [0.5, 0.6) is 0 Å². The SMILES string of the molecule is CCc1onc(C)c1C(=O)N(C)CC1CCn2ccnc2C1. The fourth-order valence-electron chi connectivity index (χ4n) is 3.16. The number of aryl methyl sites for hydroxylation is 3. The number of aromatic nitrogens is 3. The van der Waals surface area contributed by atoms with Crippen molar-refractivity contribution in [3.8, 4) is 0 Å². The van der Waals surface area contributed by atoms with Gasteiger partial charge in [0.1, 0.15) is 17.1 Å². The first-order chi connectivity index (χ1) is 10.6. The van der Waals surface area contributed by atoms with E-state index >= 15 is 0 Å². The molecule has 1 aliphatic heterocycles. The molecule has 6 heteroatoms. The zero-order valence-corrected chi connectivity index (χ0v) is 13.4. The molecule has 1 aliphatic rings. The minimum atomic E-state index is 0.00418. The van der Waals surface area contributed by atoms with E-state index in [1.807, 2.05) is 33.3 Å². The Balaban J connectivity index is 1.68. The highest BCUT2D eigenvalue weighted by atomic mass is 16.5. The van der Waals surface area contributed by atoms with E-state index in [2.05, 4.69) is 14.7 Å². The lowest BCUT2D eigenvalue weighted by molar-refractivity contribution is 0.0761. The zero-order chi connectivity index (χ0) is 15.7. The number of imidazole rings is 1. The van der Waals surface area contributed by atoms with Gasteiger partial charge in [-0.3, -0.25) is 4.79 Å². The van der Waals surface area contributed by atoms with Crippen LogP contribution >= 0.6 is 0 Å². The number of fused-ring (bicyclic) bond motifs is 1. The van der Waals surface area contributed by atoms with Crippen molar-refractivity contribution in [3.63, 3.8) is 0 Å². The van der Waals surface area contributed by atoms with Crippen molar-refractivity contribution in [3.05, 3.63) is 35.2 Å². The first-order valence-electron chi connectivity index (χ1n) is 7.80. The van der Waals surface area contributed by atoms with Crippen LogP contribution < -0.4 is 0 Å². The van der Waals surface area contributed by atoms with Crippen molar-refractivity contribution in [2.24, 2.45) is 5.92 Å². The number of amides is 1. The van der Waals surface area contributed by atoms with Gasteiger partial charge in [0.05, 0.1) is 5.69 Å². The molecule has 0 saturated heterocycles. The highest BCUT2D eigenvalue weighted by Gasteiger charge is 2.26. The molecule has 0 bridgehead atoms. The van der Waals surface area contributed by atoms with Gasteiger partial charge in [0, 0.05) is 45.4 Å². The van der Waals surface area contributed by atoms with Gasteiger partial charge >= 0.3 is 0 Å². The number of carbonyl (C=O) groups excluding carboxylic acids is 1. The van der Waals surface area contributed by atoms with Crippen molar-refractivity contribution in [2.45, 2.75) is 39.7 Å². The second-order valence-electron chi connectivity index (χ2n) is 6.00.